The average Bonchev–Trinajstić information content (AvgIpc) is 2.62. The highest BCUT2D eigenvalue weighted by Crippen LogP contribution is 2.37. The van der Waals surface area contributed by atoms with Crippen LogP contribution in [0.3, 0.4) is 0 Å². The number of hydrogen-bond acceptors (Lipinski definition) is 1. The average molecular weight is 217 g/mol. The maximum Gasteiger partial charge on any atom is 0.0323 e. The highest BCUT2D eigenvalue weighted by atomic mass is 14.7. The highest BCUT2D eigenvalue weighted by Gasteiger charge is 2.27. The molecule has 0 saturated heterocycles. The van der Waals surface area contributed by atoms with E-state index in [1.807, 2.05) is 0 Å². The van der Waals surface area contributed by atoms with E-state index in [1.54, 1.807) is 0 Å². The van der Waals surface area contributed by atoms with Crippen LogP contribution in [0, 0.1) is 25.7 Å². The van der Waals surface area contributed by atoms with Crippen molar-refractivity contribution in [3.05, 3.63) is 34.9 Å². The van der Waals surface area contributed by atoms with Crippen LogP contribution in [0.1, 0.15) is 48.9 Å². The fraction of sp³-hybridized carbons (Fsp3) is 0.600. The molecule has 0 spiro atoms. The van der Waals surface area contributed by atoms with Gasteiger partial charge in [-0.25, -0.2) is 0 Å². The molecule has 16 heavy (non-hydrogen) atoms. The molecule has 1 aliphatic carbocycles. The van der Waals surface area contributed by atoms with Gasteiger partial charge in [0, 0.05) is 6.04 Å². The SMILES string of the molecule is Cc1cc(C)cc(C(N)C2CCC(C)C2)c1. The zero-order valence-corrected chi connectivity index (χ0v) is 10.7. The molecule has 1 aromatic carbocycles. The first-order valence-corrected chi connectivity index (χ1v) is 6.40. The fourth-order valence-corrected chi connectivity index (χ4v) is 3.05. The summed E-state index contributed by atoms with van der Waals surface area (Å²) in [5.41, 5.74) is 10.4. The van der Waals surface area contributed by atoms with Crippen LogP contribution in [-0.4, -0.2) is 0 Å². The van der Waals surface area contributed by atoms with Crippen LogP contribution in [0.15, 0.2) is 18.2 Å². The third kappa shape index (κ3) is 2.46. The zero-order valence-electron chi connectivity index (χ0n) is 10.7. The van der Waals surface area contributed by atoms with Gasteiger partial charge in [0.15, 0.2) is 0 Å². The molecule has 0 aromatic heterocycles. The van der Waals surface area contributed by atoms with Gasteiger partial charge in [0.2, 0.25) is 0 Å². The van der Waals surface area contributed by atoms with E-state index >= 15 is 0 Å². The topological polar surface area (TPSA) is 26.0 Å². The third-order valence-corrected chi connectivity index (χ3v) is 3.87. The lowest BCUT2D eigenvalue weighted by atomic mass is 9.90. The van der Waals surface area contributed by atoms with Gasteiger partial charge in [-0.15, -0.1) is 0 Å². The summed E-state index contributed by atoms with van der Waals surface area (Å²) in [4.78, 5) is 0. The van der Waals surface area contributed by atoms with Crippen LogP contribution < -0.4 is 5.73 Å². The Bertz CT molecular complexity index is 349. The Morgan fingerprint density at radius 2 is 1.75 bits per heavy atom. The number of aryl methyl sites for hydroxylation is 2. The first-order valence-electron chi connectivity index (χ1n) is 6.40. The van der Waals surface area contributed by atoms with E-state index in [1.165, 1.54) is 36.0 Å². The molecule has 0 amide bonds. The number of hydrogen-bond donors (Lipinski definition) is 1. The highest BCUT2D eigenvalue weighted by molar-refractivity contribution is 5.31. The van der Waals surface area contributed by atoms with Crippen LogP contribution in [0.5, 0.6) is 0 Å². The minimum absolute atomic E-state index is 0.239. The van der Waals surface area contributed by atoms with Crippen molar-refractivity contribution in [2.75, 3.05) is 0 Å². The van der Waals surface area contributed by atoms with Gasteiger partial charge < -0.3 is 5.73 Å². The lowest BCUT2D eigenvalue weighted by Gasteiger charge is -2.20. The Morgan fingerprint density at radius 3 is 2.25 bits per heavy atom. The quantitative estimate of drug-likeness (QED) is 0.802. The summed E-state index contributed by atoms with van der Waals surface area (Å²) in [6.07, 6.45) is 3.95. The molecule has 1 heteroatoms. The van der Waals surface area contributed by atoms with Gasteiger partial charge in [-0.05, 0) is 44.1 Å². The standard InChI is InChI=1S/C15H23N/c1-10-4-5-13(7-10)15(16)14-8-11(2)6-12(3)9-14/h6,8-10,13,15H,4-5,7,16H2,1-3H3. The van der Waals surface area contributed by atoms with Crippen LogP contribution in [-0.2, 0) is 0 Å². The molecule has 3 atom stereocenters. The van der Waals surface area contributed by atoms with Gasteiger partial charge in [0.05, 0.1) is 0 Å². The number of benzene rings is 1. The third-order valence-electron chi connectivity index (χ3n) is 3.87. The molecule has 1 saturated carbocycles. The summed E-state index contributed by atoms with van der Waals surface area (Å²) < 4.78 is 0. The predicted molar refractivity (Wildman–Crippen MR) is 69.3 cm³/mol. The first kappa shape index (κ1) is 11.7. The second-order valence-electron chi connectivity index (χ2n) is 5.63. The van der Waals surface area contributed by atoms with Gasteiger partial charge in [0.1, 0.15) is 0 Å². The summed E-state index contributed by atoms with van der Waals surface area (Å²) in [5.74, 6) is 1.55. The number of nitrogens with two attached hydrogens (primary N) is 1. The molecule has 2 N–H and O–H groups in total. The molecule has 0 heterocycles. The van der Waals surface area contributed by atoms with Crippen molar-refractivity contribution in [2.24, 2.45) is 17.6 Å². The monoisotopic (exact) mass is 217 g/mol. The minimum Gasteiger partial charge on any atom is -0.324 e. The van der Waals surface area contributed by atoms with E-state index in [0.717, 1.165) is 5.92 Å². The molecule has 0 radical (unpaired) electrons. The lowest BCUT2D eigenvalue weighted by molar-refractivity contribution is 0.428. The van der Waals surface area contributed by atoms with E-state index in [0.29, 0.717) is 5.92 Å². The Labute approximate surface area is 99.0 Å². The summed E-state index contributed by atoms with van der Waals surface area (Å²) in [6.45, 7) is 6.65. The molecule has 1 nitrogen and oxygen atoms in total. The molecule has 88 valence electrons. The molecule has 1 aliphatic rings. The Morgan fingerprint density at radius 1 is 1.12 bits per heavy atom. The maximum absolute atomic E-state index is 6.40. The summed E-state index contributed by atoms with van der Waals surface area (Å²) in [6, 6.07) is 6.96. The second-order valence-corrected chi connectivity index (χ2v) is 5.63. The number of rotatable bonds is 2. The van der Waals surface area contributed by atoms with Gasteiger partial charge in [-0.2, -0.15) is 0 Å². The molecule has 1 fully saturated rings. The van der Waals surface area contributed by atoms with Crippen molar-refractivity contribution in [3.63, 3.8) is 0 Å². The molecule has 2 rings (SSSR count). The summed E-state index contributed by atoms with van der Waals surface area (Å²) in [5, 5.41) is 0. The smallest absolute Gasteiger partial charge is 0.0323 e. The Hall–Kier alpha value is -0.820. The van der Waals surface area contributed by atoms with Crippen molar-refractivity contribution in [1.29, 1.82) is 0 Å². The van der Waals surface area contributed by atoms with Crippen LogP contribution in [0.4, 0.5) is 0 Å². The Kier molecular flexibility index (Phi) is 3.34. The normalized spacial score (nSPS) is 27.0. The first-order chi connectivity index (χ1) is 7.56. The van der Waals surface area contributed by atoms with Gasteiger partial charge in [-0.1, -0.05) is 42.7 Å². The van der Waals surface area contributed by atoms with E-state index < -0.39 is 0 Å². The van der Waals surface area contributed by atoms with E-state index in [-0.39, 0.29) is 6.04 Å². The predicted octanol–water partition coefficient (Wildman–Crippen LogP) is 3.74. The van der Waals surface area contributed by atoms with Crippen LogP contribution in [0.25, 0.3) is 0 Å². The van der Waals surface area contributed by atoms with Crippen molar-refractivity contribution >= 4 is 0 Å². The molecule has 0 bridgehead atoms. The maximum atomic E-state index is 6.40. The molecule has 0 aliphatic heterocycles. The van der Waals surface area contributed by atoms with Crippen LogP contribution >= 0.6 is 0 Å². The van der Waals surface area contributed by atoms with Crippen molar-refractivity contribution in [2.45, 2.75) is 46.1 Å². The second kappa shape index (κ2) is 4.58. The largest absolute Gasteiger partial charge is 0.324 e. The molecular weight excluding hydrogens is 194 g/mol. The summed E-state index contributed by atoms with van der Waals surface area (Å²) >= 11 is 0. The van der Waals surface area contributed by atoms with Crippen molar-refractivity contribution in [1.82, 2.24) is 0 Å². The molecular formula is C15H23N. The van der Waals surface area contributed by atoms with E-state index in [4.69, 9.17) is 5.73 Å². The van der Waals surface area contributed by atoms with E-state index in [9.17, 15) is 0 Å². The molecule has 3 unspecified atom stereocenters. The fourth-order valence-electron chi connectivity index (χ4n) is 3.05. The van der Waals surface area contributed by atoms with Crippen LogP contribution in [0.2, 0.25) is 0 Å². The van der Waals surface area contributed by atoms with Crippen molar-refractivity contribution < 1.29 is 0 Å². The Balaban J connectivity index is 2.17. The zero-order chi connectivity index (χ0) is 11.7. The van der Waals surface area contributed by atoms with Gasteiger partial charge in [-0.3, -0.25) is 0 Å². The van der Waals surface area contributed by atoms with E-state index in [2.05, 4.69) is 39.0 Å². The van der Waals surface area contributed by atoms with Crippen molar-refractivity contribution in [3.8, 4) is 0 Å². The lowest BCUT2D eigenvalue weighted by Crippen LogP contribution is -2.19. The van der Waals surface area contributed by atoms with Gasteiger partial charge >= 0.3 is 0 Å². The van der Waals surface area contributed by atoms with Gasteiger partial charge in [0.25, 0.3) is 0 Å². The minimum atomic E-state index is 0.239. The summed E-state index contributed by atoms with van der Waals surface area (Å²) in [7, 11) is 0. The molecule has 1 aromatic rings.